The van der Waals surface area contributed by atoms with Crippen LogP contribution in [-0.2, 0) is 11.8 Å². The predicted molar refractivity (Wildman–Crippen MR) is 291 cm³/mol. The third-order valence-electron chi connectivity index (χ3n) is 14.0. The minimum absolute atomic E-state index is 0.105. The van der Waals surface area contributed by atoms with E-state index in [2.05, 4.69) is 265 Å². The number of allylic oxidation sites excluding steroid dienone is 4. The van der Waals surface area contributed by atoms with Gasteiger partial charge in [-0.1, -0.05) is 253 Å². The topological polar surface area (TPSA) is 0 Å². The summed E-state index contributed by atoms with van der Waals surface area (Å²) in [5.41, 5.74) is 18.3. The molecule has 67 heavy (non-hydrogen) atoms. The van der Waals surface area contributed by atoms with Gasteiger partial charge in [0.05, 0.1) is 0 Å². The number of benzene rings is 10. The highest BCUT2D eigenvalue weighted by Gasteiger charge is 2.36. The molecule has 10 aromatic carbocycles. The number of rotatable bonds is 9. The molecular formula is C67H58. The summed E-state index contributed by atoms with van der Waals surface area (Å²) >= 11 is 0. The molecule has 0 amide bonds. The van der Waals surface area contributed by atoms with Gasteiger partial charge < -0.3 is 0 Å². The second kappa shape index (κ2) is 18.7. The zero-order chi connectivity index (χ0) is 45.9. The summed E-state index contributed by atoms with van der Waals surface area (Å²) in [5.74, 6) is 0.253. The van der Waals surface area contributed by atoms with Crippen molar-refractivity contribution < 1.29 is 0 Å². The molecule has 0 saturated carbocycles. The van der Waals surface area contributed by atoms with Crippen molar-refractivity contribution in [1.29, 1.82) is 0 Å². The molecule has 11 rings (SSSR count). The molecule has 0 nitrogen and oxygen atoms in total. The third kappa shape index (κ3) is 8.57. The van der Waals surface area contributed by atoms with Crippen LogP contribution >= 0.6 is 0 Å². The van der Waals surface area contributed by atoms with Gasteiger partial charge in [0, 0.05) is 5.41 Å². The smallest absolute Gasteiger partial charge is 0.0159 e. The van der Waals surface area contributed by atoms with E-state index in [1.54, 1.807) is 0 Å². The Balaban J connectivity index is 0.000000298. The maximum Gasteiger partial charge on any atom is 0.0159 e. The average Bonchev–Trinajstić information content (AvgIpc) is 3.61. The summed E-state index contributed by atoms with van der Waals surface area (Å²) in [6.07, 6.45) is 9.23. The van der Waals surface area contributed by atoms with Crippen LogP contribution in [0.15, 0.2) is 231 Å². The van der Waals surface area contributed by atoms with Gasteiger partial charge in [-0.3, -0.25) is 0 Å². The number of fused-ring (bicyclic) bond motifs is 7. The van der Waals surface area contributed by atoms with Crippen LogP contribution in [0.3, 0.4) is 0 Å². The normalized spacial score (nSPS) is 13.4. The lowest BCUT2D eigenvalue weighted by molar-refractivity contribution is 0.659. The average molecular weight is 863 g/mol. The highest BCUT2D eigenvalue weighted by molar-refractivity contribution is 6.13. The molecule has 0 spiro atoms. The highest BCUT2D eigenvalue weighted by atomic mass is 14.4. The summed E-state index contributed by atoms with van der Waals surface area (Å²) in [6, 6.07) is 77.9. The van der Waals surface area contributed by atoms with E-state index in [0.29, 0.717) is 0 Å². The van der Waals surface area contributed by atoms with Crippen LogP contribution in [0, 0.1) is 0 Å². The summed E-state index contributed by atoms with van der Waals surface area (Å²) in [6.45, 7) is 11.4. The Morgan fingerprint density at radius 3 is 1.75 bits per heavy atom. The van der Waals surface area contributed by atoms with Crippen molar-refractivity contribution in [1.82, 2.24) is 0 Å². The Bertz CT molecular complexity index is 3430. The SMILES string of the molecule is C/C=C\C(=C/C(C)c1ccc2c(c1)C(C)(C)c1cc(-c3ccc(-c4cc5ccccc5c5ccccc45)cc3)ccc1-2)c1cccc2ccccc12.CCCc1ccc(-c2ccccc2)cc1. The Hall–Kier alpha value is -7.54. The number of aryl methyl sites for hydroxylation is 1. The first-order valence-electron chi connectivity index (χ1n) is 24.1. The highest BCUT2D eigenvalue weighted by Crippen LogP contribution is 2.50. The summed E-state index contributed by atoms with van der Waals surface area (Å²) < 4.78 is 0. The van der Waals surface area contributed by atoms with Gasteiger partial charge in [0.15, 0.2) is 0 Å². The standard InChI is InChI=1S/C52H42.C15H16/c1-5-13-40(43-21-12-16-36-14-6-8-17-42(36)43)30-34(2)38-26-28-47-48-29-27-39(33-51(48)52(3,4)50(47)32-38)35-22-24-37(25-23-35)49-31-41-15-7-9-18-44(41)45-19-10-11-20-46(45)49;1-2-6-13-9-11-15(12-10-13)14-7-4-3-5-8-14/h5-34H,1-4H3;3-5,7-12H,2,6H2,1H3/b13-5-,40-30+;. The summed E-state index contributed by atoms with van der Waals surface area (Å²) in [5, 5.41) is 7.74. The maximum absolute atomic E-state index is 2.47. The van der Waals surface area contributed by atoms with Crippen molar-refractivity contribution in [3.63, 3.8) is 0 Å². The van der Waals surface area contributed by atoms with Gasteiger partial charge in [-0.2, -0.15) is 0 Å². The molecular weight excluding hydrogens is 805 g/mol. The number of hydrogen-bond donors (Lipinski definition) is 0. The minimum Gasteiger partial charge on any atom is -0.0871 e. The van der Waals surface area contributed by atoms with Gasteiger partial charge in [-0.15, -0.1) is 0 Å². The second-order valence-corrected chi connectivity index (χ2v) is 18.7. The van der Waals surface area contributed by atoms with Crippen LogP contribution in [0.4, 0.5) is 0 Å². The lowest BCUT2D eigenvalue weighted by Gasteiger charge is -2.23. The van der Waals surface area contributed by atoms with Crippen molar-refractivity contribution in [3.8, 4) is 44.5 Å². The van der Waals surface area contributed by atoms with Crippen molar-refractivity contribution >= 4 is 37.9 Å². The van der Waals surface area contributed by atoms with Gasteiger partial charge in [-0.05, 0) is 142 Å². The molecule has 1 aliphatic carbocycles. The number of hydrogen-bond acceptors (Lipinski definition) is 0. The van der Waals surface area contributed by atoms with E-state index in [9.17, 15) is 0 Å². The Kier molecular flexibility index (Phi) is 12.1. The van der Waals surface area contributed by atoms with Crippen molar-refractivity contribution in [3.05, 3.63) is 258 Å². The lowest BCUT2D eigenvalue weighted by Crippen LogP contribution is -2.15. The van der Waals surface area contributed by atoms with Gasteiger partial charge >= 0.3 is 0 Å². The van der Waals surface area contributed by atoms with Crippen molar-refractivity contribution in [2.45, 2.75) is 58.8 Å². The van der Waals surface area contributed by atoms with Crippen molar-refractivity contribution in [2.24, 2.45) is 0 Å². The molecule has 326 valence electrons. The van der Waals surface area contributed by atoms with Crippen LogP contribution in [0.5, 0.6) is 0 Å². The zero-order valence-corrected chi connectivity index (χ0v) is 39.4. The van der Waals surface area contributed by atoms with Crippen LogP contribution in [-0.4, -0.2) is 0 Å². The molecule has 0 aliphatic heterocycles. The van der Waals surface area contributed by atoms with E-state index in [4.69, 9.17) is 0 Å². The molecule has 1 aliphatic rings. The lowest BCUT2D eigenvalue weighted by atomic mass is 9.80. The molecule has 10 aromatic rings. The molecule has 1 unspecified atom stereocenters. The molecule has 0 heterocycles. The Morgan fingerprint density at radius 2 is 1.01 bits per heavy atom. The quantitative estimate of drug-likeness (QED) is 0.100. The van der Waals surface area contributed by atoms with Crippen LogP contribution in [0.2, 0.25) is 0 Å². The van der Waals surface area contributed by atoms with E-state index >= 15 is 0 Å². The monoisotopic (exact) mass is 862 g/mol. The van der Waals surface area contributed by atoms with Crippen LogP contribution < -0.4 is 0 Å². The molecule has 0 aromatic heterocycles. The minimum atomic E-state index is -0.105. The van der Waals surface area contributed by atoms with Gasteiger partial charge in [-0.25, -0.2) is 0 Å². The first-order valence-corrected chi connectivity index (χ1v) is 24.1. The Labute approximate surface area is 397 Å². The Morgan fingerprint density at radius 1 is 0.463 bits per heavy atom. The third-order valence-corrected chi connectivity index (χ3v) is 14.0. The molecule has 1 atom stereocenters. The van der Waals surface area contributed by atoms with Crippen LogP contribution in [0.25, 0.3) is 82.4 Å². The van der Waals surface area contributed by atoms with Gasteiger partial charge in [0.25, 0.3) is 0 Å². The van der Waals surface area contributed by atoms with E-state index in [-0.39, 0.29) is 11.3 Å². The molecule has 0 radical (unpaired) electrons. The fourth-order valence-corrected chi connectivity index (χ4v) is 10.4. The van der Waals surface area contributed by atoms with Gasteiger partial charge in [0.2, 0.25) is 0 Å². The zero-order valence-electron chi connectivity index (χ0n) is 39.4. The van der Waals surface area contributed by atoms with E-state index in [1.165, 1.54) is 123 Å². The first kappa shape index (κ1) is 43.4. The van der Waals surface area contributed by atoms with E-state index < -0.39 is 0 Å². The summed E-state index contributed by atoms with van der Waals surface area (Å²) in [4.78, 5) is 0. The first-order chi connectivity index (χ1) is 32.8. The van der Waals surface area contributed by atoms with E-state index in [0.717, 1.165) is 0 Å². The predicted octanol–water partition coefficient (Wildman–Crippen LogP) is 18.9. The van der Waals surface area contributed by atoms with E-state index in [1.807, 2.05) is 0 Å². The molecule has 0 saturated heterocycles. The summed E-state index contributed by atoms with van der Waals surface area (Å²) in [7, 11) is 0. The fraction of sp³-hybridized carbons (Fsp3) is 0.134. The second-order valence-electron chi connectivity index (χ2n) is 18.7. The molecule has 0 heteroatoms. The molecule has 0 fully saturated rings. The largest absolute Gasteiger partial charge is 0.0871 e. The van der Waals surface area contributed by atoms with Crippen molar-refractivity contribution in [2.75, 3.05) is 0 Å². The molecule has 0 N–H and O–H groups in total. The fourth-order valence-electron chi connectivity index (χ4n) is 10.4. The van der Waals surface area contributed by atoms with Crippen LogP contribution in [0.1, 0.15) is 74.8 Å². The maximum atomic E-state index is 2.47. The van der Waals surface area contributed by atoms with Gasteiger partial charge in [0.1, 0.15) is 0 Å². The molecule has 0 bridgehead atoms.